The van der Waals surface area contributed by atoms with E-state index in [9.17, 15) is 4.79 Å². The second-order valence-electron chi connectivity index (χ2n) is 5.20. The molecule has 1 aliphatic heterocycles. The van der Waals surface area contributed by atoms with Crippen LogP contribution in [0, 0.1) is 11.8 Å². The zero-order valence-electron chi connectivity index (χ0n) is 9.49. The van der Waals surface area contributed by atoms with Gasteiger partial charge in [0, 0.05) is 12.6 Å². The highest BCUT2D eigenvalue weighted by atomic mass is 16.1. The third kappa shape index (κ3) is 1.50. The van der Waals surface area contributed by atoms with Gasteiger partial charge in [0.15, 0.2) is 0 Å². The van der Waals surface area contributed by atoms with Gasteiger partial charge in [0.2, 0.25) is 0 Å². The summed E-state index contributed by atoms with van der Waals surface area (Å²) >= 11 is 0. The average molecular weight is 195 g/mol. The van der Waals surface area contributed by atoms with Crippen molar-refractivity contribution in [1.29, 1.82) is 0 Å². The van der Waals surface area contributed by atoms with Gasteiger partial charge < -0.3 is 0 Å². The van der Waals surface area contributed by atoms with E-state index in [1.807, 2.05) is 0 Å². The molecule has 3 unspecified atom stereocenters. The maximum atomic E-state index is 11.7. The molecule has 1 saturated heterocycles. The maximum Gasteiger partial charge on any atom is 0.147 e. The summed E-state index contributed by atoms with van der Waals surface area (Å²) in [4.78, 5) is 14.1. The zero-order chi connectivity index (χ0) is 10.3. The van der Waals surface area contributed by atoms with Gasteiger partial charge in [-0.1, -0.05) is 6.42 Å². The maximum absolute atomic E-state index is 11.7. The smallest absolute Gasteiger partial charge is 0.147 e. The van der Waals surface area contributed by atoms with E-state index in [0.717, 1.165) is 12.5 Å². The summed E-state index contributed by atoms with van der Waals surface area (Å²) in [5, 5.41) is 0. The predicted molar refractivity (Wildman–Crippen MR) is 57.1 cm³/mol. The van der Waals surface area contributed by atoms with Crippen LogP contribution in [-0.2, 0) is 4.79 Å². The Labute approximate surface area is 86.7 Å². The van der Waals surface area contributed by atoms with Crippen LogP contribution in [0.25, 0.3) is 0 Å². The van der Waals surface area contributed by atoms with Gasteiger partial charge in [-0.3, -0.25) is 9.69 Å². The number of carbonyl (C=O) groups is 1. The number of Topliss-reactive ketones (excluding diaryl/α,β-unsaturated/α-hetero) is 1. The topological polar surface area (TPSA) is 20.3 Å². The van der Waals surface area contributed by atoms with Gasteiger partial charge in [-0.25, -0.2) is 0 Å². The summed E-state index contributed by atoms with van der Waals surface area (Å²) in [6.45, 7) is 7.33. The molecular formula is C12H21NO. The molecule has 14 heavy (non-hydrogen) atoms. The lowest BCUT2D eigenvalue weighted by Gasteiger charge is -2.28. The molecule has 2 nitrogen and oxygen atoms in total. The van der Waals surface area contributed by atoms with Gasteiger partial charge >= 0.3 is 0 Å². The number of hydrogen-bond acceptors (Lipinski definition) is 2. The third-order valence-electron chi connectivity index (χ3n) is 4.01. The van der Waals surface area contributed by atoms with Crippen LogP contribution in [0.15, 0.2) is 0 Å². The molecule has 0 bridgehead atoms. The summed E-state index contributed by atoms with van der Waals surface area (Å²) in [6.07, 6.45) is 3.96. The average Bonchev–Trinajstić information content (AvgIpc) is 2.58. The van der Waals surface area contributed by atoms with E-state index < -0.39 is 0 Å². The molecule has 1 heterocycles. The monoisotopic (exact) mass is 195 g/mol. The molecule has 0 amide bonds. The van der Waals surface area contributed by atoms with Crippen LogP contribution in [0.4, 0.5) is 0 Å². The lowest BCUT2D eigenvalue weighted by atomic mass is 9.92. The van der Waals surface area contributed by atoms with Crippen molar-refractivity contribution in [3.8, 4) is 0 Å². The quantitative estimate of drug-likeness (QED) is 0.672. The minimum absolute atomic E-state index is 0.238. The number of nitrogens with zero attached hydrogens (tertiary/aromatic N) is 1. The Morgan fingerprint density at radius 3 is 2.64 bits per heavy atom. The van der Waals surface area contributed by atoms with Crippen LogP contribution in [0.1, 0.15) is 40.0 Å². The Hall–Kier alpha value is -0.370. The summed E-state index contributed by atoms with van der Waals surface area (Å²) in [7, 11) is 0. The van der Waals surface area contributed by atoms with E-state index in [1.165, 1.54) is 19.3 Å². The summed E-state index contributed by atoms with van der Waals surface area (Å²) in [5.74, 6) is 1.87. The number of ketones is 1. The second-order valence-corrected chi connectivity index (χ2v) is 5.20. The first-order valence-corrected chi connectivity index (χ1v) is 5.87. The molecule has 0 aromatic carbocycles. The van der Waals surface area contributed by atoms with Crippen LogP contribution < -0.4 is 0 Å². The largest absolute Gasteiger partial charge is 0.298 e. The Morgan fingerprint density at radius 2 is 2.07 bits per heavy atom. The molecule has 2 rings (SSSR count). The van der Waals surface area contributed by atoms with Crippen LogP contribution in [-0.4, -0.2) is 29.3 Å². The van der Waals surface area contributed by atoms with Crippen molar-refractivity contribution in [1.82, 2.24) is 4.90 Å². The van der Waals surface area contributed by atoms with E-state index in [-0.39, 0.29) is 6.04 Å². The zero-order valence-corrected chi connectivity index (χ0v) is 9.49. The lowest BCUT2D eigenvalue weighted by molar-refractivity contribution is -0.122. The van der Waals surface area contributed by atoms with Crippen molar-refractivity contribution in [2.24, 2.45) is 11.8 Å². The molecule has 0 N–H and O–H groups in total. The van der Waals surface area contributed by atoms with Gasteiger partial charge in [0.1, 0.15) is 5.78 Å². The van der Waals surface area contributed by atoms with Crippen LogP contribution in [0.3, 0.4) is 0 Å². The summed E-state index contributed by atoms with van der Waals surface area (Å²) in [5.41, 5.74) is 0. The van der Waals surface area contributed by atoms with Crippen molar-refractivity contribution in [2.75, 3.05) is 6.54 Å². The van der Waals surface area contributed by atoms with Crippen molar-refractivity contribution in [3.05, 3.63) is 0 Å². The molecule has 0 radical (unpaired) electrons. The van der Waals surface area contributed by atoms with Crippen molar-refractivity contribution < 1.29 is 4.79 Å². The molecule has 3 atom stereocenters. The number of hydrogen-bond donors (Lipinski definition) is 0. The number of fused-ring (bicyclic) bond motifs is 1. The Bertz CT molecular complexity index is 236. The second kappa shape index (κ2) is 3.65. The Balaban J connectivity index is 2.17. The van der Waals surface area contributed by atoms with Gasteiger partial charge in [0.05, 0.1) is 6.04 Å². The molecule has 0 aromatic heterocycles. The van der Waals surface area contributed by atoms with E-state index in [2.05, 4.69) is 18.7 Å². The fourth-order valence-corrected chi connectivity index (χ4v) is 3.41. The third-order valence-corrected chi connectivity index (χ3v) is 4.01. The van der Waals surface area contributed by atoms with E-state index in [0.29, 0.717) is 17.7 Å². The molecule has 1 saturated carbocycles. The first-order valence-electron chi connectivity index (χ1n) is 5.87. The highest BCUT2D eigenvalue weighted by Crippen LogP contribution is 2.43. The molecule has 0 aromatic rings. The molecular weight excluding hydrogens is 174 g/mol. The van der Waals surface area contributed by atoms with Crippen molar-refractivity contribution in [3.63, 3.8) is 0 Å². The van der Waals surface area contributed by atoms with E-state index in [1.54, 1.807) is 6.92 Å². The fraction of sp³-hybridized carbons (Fsp3) is 0.917. The van der Waals surface area contributed by atoms with Crippen LogP contribution >= 0.6 is 0 Å². The van der Waals surface area contributed by atoms with Crippen molar-refractivity contribution in [2.45, 2.75) is 52.1 Å². The van der Waals surface area contributed by atoms with Gasteiger partial charge in [-0.2, -0.15) is 0 Å². The van der Waals surface area contributed by atoms with Crippen LogP contribution in [0.5, 0.6) is 0 Å². The molecule has 1 aliphatic carbocycles. The predicted octanol–water partition coefficient (Wildman–Crippen LogP) is 2.08. The standard InChI is InChI=1S/C12H21NO/c1-8(2)13-7-10-5-4-6-11(10)12(13)9(3)14/h8,10-12H,4-7H2,1-3H3. The Kier molecular flexibility index (Phi) is 2.65. The van der Waals surface area contributed by atoms with Crippen molar-refractivity contribution >= 4 is 5.78 Å². The molecule has 2 aliphatic rings. The first kappa shape index (κ1) is 10.2. The number of likely N-dealkylation sites (tertiary alicyclic amines) is 1. The Morgan fingerprint density at radius 1 is 1.36 bits per heavy atom. The summed E-state index contributed by atoms with van der Waals surface area (Å²) < 4.78 is 0. The number of carbonyl (C=O) groups excluding carboxylic acids is 1. The fourth-order valence-electron chi connectivity index (χ4n) is 3.41. The SMILES string of the molecule is CC(=O)C1C2CCCC2CN1C(C)C. The highest BCUT2D eigenvalue weighted by molar-refractivity contribution is 5.82. The van der Waals surface area contributed by atoms with E-state index in [4.69, 9.17) is 0 Å². The lowest BCUT2D eigenvalue weighted by Crippen LogP contribution is -2.42. The molecule has 2 heteroatoms. The van der Waals surface area contributed by atoms with Crippen LogP contribution in [0.2, 0.25) is 0 Å². The first-order chi connectivity index (χ1) is 6.61. The van der Waals surface area contributed by atoms with Gasteiger partial charge in [-0.05, 0) is 45.4 Å². The van der Waals surface area contributed by atoms with E-state index >= 15 is 0 Å². The van der Waals surface area contributed by atoms with Gasteiger partial charge in [-0.15, -0.1) is 0 Å². The minimum Gasteiger partial charge on any atom is -0.298 e. The normalized spacial score (nSPS) is 37.9. The van der Waals surface area contributed by atoms with Gasteiger partial charge in [0.25, 0.3) is 0 Å². The summed E-state index contributed by atoms with van der Waals surface area (Å²) in [6, 6.07) is 0.761. The highest BCUT2D eigenvalue weighted by Gasteiger charge is 2.46. The number of rotatable bonds is 2. The minimum atomic E-state index is 0.238. The molecule has 0 spiro atoms. The molecule has 80 valence electrons. The molecule has 2 fully saturated rings.